The molecule has 0 saturated heterocycles. The Balaban J connectivity index is 2.93. The van der Waals surface area contributed by atoms with E-state index in [1.165, 1.54) is 17.1 Å². The van der Waals surface area contributed by atoms with E-state index in [9.17, 15) is 9.59 Å². The van der Waals surface area contributed by atoms with E-state index >= 15 is 0 Å². The van der Waals surface area contributed by atoms with E-state index in [0.29, 0.717) is 4.47 Å². The van der Waals surface area contributed by atoms with Crippen molar-refractivity contribution < 1.29 is 4.79 Å². The lowest BCUT2D eigenvalue weighted by Gasteiger charge is -2.09. The maximum absolute atomic E-state index is 11.5. The second kappa shape index (κ2) is 4.36. The third-order valence-corrected chi connectivity index (χ3v) is 2.36. The topological polar surface area (TPSA) is 78.0 Å². The van der Waals surface area contributed by atoms with Gasteiger partial charge in [-0.25, -0.2) is 4.98 Å². The van der Waals surface area contributed by atoms with Gasteiger partial charge < -0.3 is 5.73 Å². The monoisotopic (exact) mass is 259 g/mol. The van der Waals surface area contributed by atoms with Gasteiger partial charge in [0.25, 0.3) is 5.56 Å². The summed E-state index contributed by atoms with van der Waals surface area (Å²) < 4.78 is 1.72. The molecule has 0 aromatic carbocycles. The van der Waals surface area contributed by atoms with Crippen molar-refractivity contribution in [2.75, 3.05) is 0 Å². The number of amides is 1. The summed E-state index contributed by atoms with van der Waals surface area (Å²) in [6, 6.07) is 0. The number of hydrogen-bond acceptors (Lipinski definition) is 3. The van der Waals surface area contributed by atoms with Crippen LogP contribution in [0.2, 0.25) is 0 Å². The molecule has 0 aliphatic carbocycles. The Labute approximate surface area is 89.1 Å². The van der Waals surface area contributed by atoms with Crippen molar-refractivity contribution in [2.24, 2.45) is 11.7 Å². The standard InChI is InChI=1S/C8H10BrN3O2/c1-5(7(10)13)3-12-4-11-2-6(9)8(12)14/h2,4-5H,3H2,1H3,(H2,10,13). The van der Waals surface area contributed by atoms with E-state index in [1.807, 2.05) is 0 Å². The summed E-state index contributed by atoms with van der Waals surface area (Å²) in [6.07, 6.45) is 2.79. The summed E-state index contributed by atoms with van der Waals surface area (Å²) in [5.41, 5.74) is 4.87. The van der Waals surface area contributed by atoms with Gasteiger partial charge in [-0.3, -0.25) is 14.2 Å². The first-order valence-corrected chi connectivity index (χ1v) is 4.81. The van der Waals surface area contributed by atoms with Gasteiger partial charge in [-0.1, -0.05) is 6.92 Å². The average Bonchev–Trinajstić information content (AvgIpc) is 2.12. The fourth-order valence-electron chi connectivity index (χ4n) is 0.939. The third-order valence-electron chi connectivity index (χ3n) is 1.82. The molecule has 1 rings (SSSR count). The molecular weight excluding hydrogens is 250 g/mol. The first-order chi connectivity index (χ1) is 6.52. The molecule has 1 unspecified atom stereocenters. The van der Waals surface area contributed by atoms with Gasteiger partial charge in [0.05, 0.1) is 12.2 Å². The number of carbonyl (C=O) groups excluding carboxylic acids is 1. The molecule has 1 heterocycles. The highest BCUT2D eigenvalue weighted by Gasteiger charge is 2.10. The van der Waals surface area contributed by atoms with E-state index in [4.69, 9.17) is 5.73 Å². The van der Waals surface area contributed by atoms with Gasteiger partial charge in [-0.05, 0) is 15.9 Å². The molecule has 76 valence electrons. The van der Waals surface area contributed by atoms with Crippen LogP contribution >= 0.6 is 15.9 Å². The van der Waals surface area contributed by atoms with Gasteiger partial charge in [-0.15, -0.1) is 0 Å². The highest BCUT2D eigenvalue weighted by Crippen LogP contribution is 2.01. The number of halogens is 1. The lowest BCUT2D eigenvalue weighted by molar-refractivity contribution is -0.121. The summed E-state index contributed by atoms with van der Waals surface area (Å²) >= 11 is 3.06. The van der Waals surface area contributed by atoms with Gasteiger partial charge in [0.1, 0.15) is 4.47 Å². The maximum Gasteiger partial charge on any atom is 0.267 e. The van der Waals surface area contributed by atoms with Crippen LogP contribution in [-0.2, 0) is 11.3 Å². The van der Waals surface area contributed by atoms with Gasteiger partial charge >= 0.3 is 0 Å². The van der Waals surface area contributed by atoms with Crippen molar-refractivity contribution >= 4 is 21.8 Å². The molecule has 1 atom stereocenters. The minimum atomic E-state index is -0.433. The second-order valence-corrected chi connectivity index (χ2v) is 3.86. The molecule has 1 aromatic heterocycles. The van der Waals surface area contributed by atoms with E-state index in [-0.39, 0.29) is 18.0 Å². The molecule has 0 aliphatic heterocycles. The number of hydrogen-bond donors (Lipinski definition) is 1. The lowest BCUT2D eigenvalue weighted by atomic mass is 10.2. The summed E-state index contributed by atoms with van der Waals surface area (Å²) in [6.45, 7) is 1.91. The molecule has 0 radical (unpaired) electrons. The van der Waals surface area contributed by atoms with E-state index in [0.717, 1.165) is 0 Å². The first kappa shape index (κ1) is 10.9. The van der Waals surface area contributed by atoms with Crippen molar-refractivity contribution in [2.45, 2.75) is 13.5 Å². The van der Waals surface area contributed by atoms with Gasteiger partial charge in [0.15, 0.2) is 0 Å². The van der Waals surface area contributed by atoms with Gasteiger partial charge in [0, 0.05) is 12.7 Å². The van der Waals surface area contributed by atoms with Gasteiger partial charge in [-0.2, -0.15) is 0 Å². The number of nitrogens with zero attached hydrogens (tertiary/aromatic N) is 2. The molecule has 1 amide bonds. The van der Waals surface area contributed by atoms with Crippen LogP contribution in [0.5, 0.6) is 0 Å². The van der Waals surface area contributed by atoms with Crippen LogP contribution in [0, 0.1) is 5.92 Å². The molecule has 0 bridgehead atoms. The third kappa shape index (κ3) is 2.41. The normalized spacial score (nSPS) is 12.4. The molecular formula is C8H10BrN3O2. The first-order valence-electron chi connectivity index (χ1n) is 4.01. The molecule has 0 aliphatic rings. The summed E-state index contributed by atoms with van der Waals surface area (Å²) in [4.78, 5) is 26.0. The Bertz CT molecular complexity index is 402. The molecule has 1 aromatic rings. The summed E-state index contributed by atoms with van der Waals surface area (Å²) in [5, 5.41) is 0. The van der Waals surface area contributed by atoms with E-state index in [1.54, 1.807) is 6.92 Å². The van der Waals surface area contributed by atoms with Crippen molar-refractivity contribution in [3.63, 3.8) is 0 Å². The van der Waals surface area contributed by atoms with Crippen molar-refractivity contribution in [1.82, 2.24) is 9.55 Å². The Morgan fingerprint density at radius 1 is 1.79 bits per heavy atom. The van der Waals surface area contributed by atoms with Crippen LogP contribution in [-0.4, -0.2) is 15.5 Å². The van der Waals surface area contributed by atoms with E-state index in [2.05, 4.69) is 20.9 Å². The molecule has 6 heteroatoms. The van der Waals surface area contributed by atoms with Gasteiger partial charge in [0.2, 0.25) is 5.91 Å². The van der Waals surface area contributed by atoms with Crippen LogP contribution in [0.25, 0.3) is 0 Å². The Hall–Kier alpha value is -1.17. The van der Waals surface area contributed by atoms with Crippen molar-refractivity contribution in [1.29, 1.82) is 0 Å². The molecule has 2 N–H and O–H groups in total. The molecule has 14 heavy (non-hydrogen) atoms. The average molecular weight is 260 g/mol. The number of rotatable bonds is 3. The summed E-state index contributed by atoms with van der Waals surface area (Å²) in [5.74, 6) is -0.819. The van der Waals surface area contributed by atoms with Crippen LogP contribution in [0.15, 0.2) is 21.8 Å². The van der Waals surface area contributed by atoms with Crippen LogP contribution in [0.3, 0.4) is 0 Å². The minimum absolute atomic E-state index is 0.215. The van der Waals surface area contributed by atoms with Crippen molar-refractivity contribution in [3.8, 4) is 0 Å². The van der Waals surface area contributed by atoms with E-state index < -0.39 is 5.91 Å². The summed E-state index contributed by atoms with van der Waals surface area (Å²) in [7, 11) is 0. The van der Waals surface area contributed by atoms with Crippen molar-refractivity contribution in [3.05, 3.63) is 27.4 Å². The minimum Gasteiger partial charge on any atom is -0.369 e. The molecule has 5 nitrogen and oxygen atoms in total. The lowest BCUT2D eigenvalue weighted by Crippen LogP contribution is -2.30. The number of nitrogens with two attached hydrogens (primary N) is 1. The zero-order valence-corrected chi connectivity index (χ0v) is 9.19. The molecule has 0 spiro atoms. The zero-order valence-electron chi connectivity index (χ0n) is 7.61. The predicted octanol–water partition coefficient (Wildman–Crippen LogP) is 0.127. The fourth-order valence-corrected chi connectivity index (χ4v) is 1.29. The number of primary amides is 1. The Kier molecular flexibility index (Phi) is 3.40. The largest absolute Gasteiger partial charge is 0.369 e. The highest BCUT2D eigenvalue weighted by atomic mass is 79.9. The maximum atomic E-state index is 11.5. The van der Waals surface area contributed by atoms with Crippen LogP contribution < -0.4 is 11.3 Å². The number of aromatic nitrogens is 2. The second-order valence-electron chi connectivity index (χ2n) is 3.00. The zero-order chi connectivity index (χ0) is 10.7. The molecule has 0 saturated carbocycles. The highest BCUT2D eigenvalue weighted by molar-refractivity contribution is 9.10. The smallest absolute Gasteiger partial charge is 0.267 e. The SMILES string of the molecule is CC(Cn1cncc(Br)c1=O)C(N)=O. The van der Waals surface area contributed by atoms with Crippen LogP contribution in [0.4, 0.5) is 0 Å². The fraction of sp³-hybridized carbons (Fsp3) is 0.375. The van der Waals surface area contributed by atoms with Crippen LogP contribution in [0.1, 0.15) is 6.92 Å². The molecule has 0 fully saturated rings. The quantitative estimate of drug-likeness (QED) is 0.838. The predicted molar refractivity (Wildman–Crippen MR) is 54.6 cm³/mol. The number of carbonyl (C=O) groups is 1. The Morgan fingerprint density at radius 3 is 3.00 bits per heavy atom. The Morgan fingerprint density at radius 2 is 2.43 bits per heavy atom.